The quantitative estimate of drug-likeness (QED) is 0.775. The fourth-order valence-electron chi connectivity index (χ4n) is 0.560. The Morgan fingerprint density at radius 3 is 2.83 bits per heavy atom. The maximum atomic E-state index is 11.6. The van der Waals surface area contributed by atoms with Crippen LogP contribution in [-0.4, -0.2) is 22.6 Å². The van der Waals surface area contributed by atoms with Crippen molar-refractivity contribution in [1.82, 2.24) is 9.59 Å². The highest BCUT2D eigenvalue weighted by Gasteiger charge is 2.06. The third kappa shape index (κ3) is 2.67. The second-order valence-corrected chi connectivity index (χ2v) is 2.78. The van der Waals surface area contributed by atoms with Crippen molar-refractivity contribution in [2.75, 3.05) is 12.3 Å². The first-order valence-electron chi connectivity index (χ1n) is 3.12. The molecule has 1 rings (SSSR count). The molecular formula is C5H7F2N3OS. The van der Waals surface area contributed by atoms with Gasteiger partial charge in [0.2, 0.25) is 0 Å². The number of alkyl halides is 2. The minimum atomic E-state index is -2.46. The fraction of sp³-hybridized carbons (Fsp3) is 0.600. The summed E-state index contributed by atoms with van der Waals surface area (Å²) in [7, 11) is 0. The third-order valence-corrected chi connectivity index (χ3v) is 1.66. The van der Waals surface area contributed by atoms with Gasteiger partial charge in [0.05, 0.1) is 6.61 Å². The van der Waals surface area contributed by atoms with Crippen LogP contribution in [0.4, 0.5) is 13.8 Å². The zero-order valence-electron chi connectivity index (χ0n) is 6.04. The summed E-state index contributed by atoms with van der Waals surface area (Å²) >= 11 is 1.01. The molecule has 7 heteroatoms. The molecule has 1 heterocycles. The number of aromatic nitrogens is 2. The summed E-state index contributed by atoms with van der Waals surface area (Å²) in [6.07, 6.45) is -2.46. The summed E-state index contributed by atoms with van der Waals surface area (Å²) in [5.74, 6) is 0. The van der Waals surface area contributed by atoms with E-state index in [4.69, 9.17) is 5.73 Å². The van der Waals surface area contributed by atoms with E-state index in [0.29, 0.717) is 10.7 Å². The van der Waals surface area contributed by atoms with Crippen LogP contribution in [-0.2, 0) is 11.3 Å². The monoisotopic (exact) mass is 195 g/mol. The van der Waals surface area contributed by atoms with Gasteiger partial charge in [0.15, 0.2) is 0 Å². The lowest BCUT2D eigenvalue weighted by molar-refractivity contribution is 0.00900. The van der Waals surface area contributed by atoms with Crippen LogP contribution in [0, 0.1) is 0 Å². The Morgan fingerprint density at radius 2 is 2.33 bits per heavy atom. The molecule has 0 atom stereocenters. The molecule has 0 fully saturated rings. The van der Waals surface area contributed by atoms with Gasteiger partial charge in [-0.15, -0.1) is 5.10 Å². The van der Waals surface area contributed by atoms with Crippen molar-refractivity contribution in [3.8, 4) is 0 Å². The Kier molecular flexibility index (Phi) is 3.30. The first-order valence-corrected chi connectivity index (χ1v) is 3.90. The van der Waals surface area contributed by atoms with Crippen LogP contribution >= 0.6 is 11.5 Å². The Hall–Kier alpha value is -0.820. The van der Waals surface area contributed by atoms with Crippen molar-refractivity contribution >= 4 is 16.5 Å². The van der Waals surface area contributed by atoms with Crippen LogP contribution in [0.15, 0.2) is 0 Å². The van der Waals surface area contributed by atoms with Gasteiger partial charge >= 0.3 is 0 Å². The predicted octanol–water partition coefficient (Wildman–Crippen LogP) is 0.902. The second-order valence-electron chi connectivity index (χ2n) is 1.99. The highest BCUT2D eigenvalue weighted by molar-refractivity contribution is 7.09. The largest absolute Gasteiger partial charge is 0.388 e. The number of nitrogen functional groups attached to an aromatic ring is 1. The molecule has 0 saturated heterocycles. The molecule has 0 radical (unpaired) electrons. The number of rotatable bonds is 4. The topological polar surface area (TPSA) is 61.0 Å². The highest BCUT2D eigenvalue weighted by Crippen LogP contribution is 2.13. The molecule has 0 bridgehead atoms. The van der Waals surface area contributed by atoms with Crippen LogP contribution in [0.3, 0.4) is 0 Å². The summed E-state index contributed by atoms with van der Waals surface area (Å²) in [4.78, 5) is 0. The molecule has 0 aliphatic rings. The molecule has 1 aromatic rings. The molecule has 0 unspecified atom stereocenters. The lowest BCUT2D eigenvalue weighted by atomic mass is 10.5. The van der Waals surface area contributed by atoms with Crippen LogP contribution in [0.2, 0.25) is 0 Å². The number of nitrogens with zero attached hydrogens (tertiary/aromatic N) is 2. The Balaban J connectivity index is 2.29. The van der Waals surface area contributed by atoms with E-state index in [9.17, 15) is 8.78 Å². The van der Waals surface area contributed by atoms with Crippen molar-refractivity contribution in [3.63, 3.8) is 0 Å². The lowest BCUT2D eigenvalue weighted by Crippen LogP contribution is -2.05. The zero-order chi connectivity index (χ0) is 8.97. The Bertz CT molecular complexity index is 242. The van der Waals surface area contributed by atoms with E-state index in [1.807, 2.05) is 0 Å². The summed E-state index contributed by atoms with van der Waals surface area (Å²) in [6, 6.07) is 0. The molecule has 68 valence electrons. The molecule has 4 nitrogen and oxygen atoms in total. The lowest BCUT2D eigenvalue weighted by Gasteiger charge is -1.99. The van der Waals surface area contributed by atoms with Gasteiger partial charge in [0, 0.05) is 11.5 Å². The smallest absolute Gasteiger partial charge is 0.261 e. The van der Waals surface area contributed by atoms with Gasteiger partial charge in [-0.05, 0) is 0 Å². The number of ether oxygens (including phenoxy) is 1. The first-order chi connectivity index (χ1) is 5.70. The fourth-order valence-corrected chi connectivity index (χ4v) is 0.993. The third-order valence-electron chi connectivity index (χ3n) is 1.07. The maximum absolute atomic E-state index is 11.6. The molecule has 0 aromatic carbocycles. The van der Waals surface area contributed by atoms with Crippen LogP contribution in [0.25, 0.3) is 0 Å². The number of hydrogen-bond acceptors (Lipinski definition) is 5. The van der Waals surface area contributed by atoms with E-state index in [-0.39, 0.29) is 6.61 Å². The van der Waals surface area contributed by atoms with Crippen molar-refractivity contribution in [1.29, 1.82) is 0 Å². The van der Waals surface area contributed by atoms with Gasteiger partial charge < -0.3 is 10.5 Å². The van der Waals surface area contributed by atoms with Crippen molar-refractivity contribution in [2.24, 2.45) is 0 Å². The van der Waals surface area contributed by atoms with Gasteiger partial charge in [0.1, 0.15) is 17.3 Å². The maximum Gasteiger partial charge on any atom is 0.261 e. The van der Waals surface area contributed by atoms with Crippen LogP contribution in [0.1, 0.15) is 5.69 Å². The molecule has 0 spiro atoms. The molecule has 2 N–H and O–H groups in total. The van der Waals surface area contributed by atoms with Gasteiger partial charge in [0.25, 0.3) is 6.43 Å². The van der Waals surface area contributed by atoms with Gasteiger partial charge in [-0.1, -0.05) is 4.49 Å². The number of nitrogens with two attached hydrogens (primary N) is 1. The van der Waals surface area contributed by atoms with E-state index in [1.54, 1.807) is 0 Å². The number of halogens is 2. The minimum Gasteiger partial charge on any atom is -0.388 e. The summed E-state index contributed by atoms with van der Waals surface area (Å²) in [5, 5.41) is 3.99. The Morgan fingerprint density at radius 1 is 1.58 bits per heavy atom. The summed E-state index contributed by atoms with van der Waals surface area (Å²) in [5.41, 5.74) is 5.80. The van der Waals surface area contributed by atoms with Crippen molar-refractivity contribution < 1.29 is 13.5 Å². The Labute approximate surface area is 71.5 Å². The number of anilines is 1. The van der Waals surface area contributed by atoms with Gasteiger partial charge in [-0.25, -0.2) is 8.78 Å². The average Bonchev–Trinajstić information content (AvgIpc) is 2.36. The summed E-state index contributed by atoms with van der Waals surface area (Å²) in [6.45, 7) is -0.607. The van der Waals surface area contributed by atoms with Crippen LogP contribution < -0.4 is 5.73 Å². The molecule has 0 aliphatic heterocycles. The number of hydrogen-bond donors (Lipinski definition) is 1. The normalized spacial score (nSPS) is 10.9. The second kappa shape index (κ2) is 4.27. The molecule has 12 heavy (non-hydrogen) atoms. The van der Waals surface area contributed by atoms with E-state index in [0.717, 1.165) is 11.5 Å². The van der Waals surface area contributed by atoms with Crippen molar-refractivity contribution in [3.05, 3.63) is 5.69 Å². The van der Waals surface area contributed by atoms with Crippen LogP contribution in [0.5, 0.6) is 0 Å². The standard InChI is InChI=1S/C5H7F2N3OS/c6-4(7)2-11-1-3-5(8)12-10-9-3/h4H,1-2,8H2. The predicted molar refractivity (Wildman–Crippen MR) is 40.0 cm³/mol. The molecule has 0 saturated carbocycles. The van der Waals surface area contributed by atoms with E-state index < -0.39 is 13.0 Å². The van der Waals surface area contributed by atoms with Gasteiger partial charge in [-0.2, -0.15) is 0 Å². The molecular weight excluding hydrogens is 188 g/mol. The first kappa shape index (κ1) is 9.27. The SMILES string of the molecule is Nc1snnc1COCC(F)F. The van der Waals surface area contributed by atoms with E-state index in [2.05, 4.69) is 14.3 Å². The van der Waals surface area contributed by atoms with Gasteiger partial charge in [-0.3, -0.25) is 0 Å². The van der Waals surface area contributed by atoms with Crippen molar-refractivity contribution in [2.45, 2.75) is 13.0 Å². The molecule has 1 aromatic heterocycles. The zero-order valence-corrected chi connectivity index (χ0v) is 6.85. The van der Waals surface area contributed by atoms with E-state index >= 15 is 0 Å². The average molecular weight is 195 g/mol. The molecule has 0 aliphatic carbocycles. The summed E-state index contributed by atoms with van der Waals surface area (Å²) < 4.78 is 31.3. The minimum absolute atomic E-state index is 0.00727. The van der Waals surface area contributed by atoms with E-state index in [1.165, 1.54) is 0 Å². The molecule has 0 amide bonds. The highest BCUT2D eigenvalue weighted by atomic mass is 32.1.